The largest absolute Gasteiger partial charge is 0.479 e. The number of benzene rings is 1. The summed E-state index contributed by atoms with van der Waals surface area (Å²) in [5.74, 6) is 2.90. The maximum atomic E-state index is 10.5. The predicted molar refractivity (Wildman–Crippen MR) is 55.3 cm³/mol. The quantitative estimate of drug-likeness (QED) is 0.444. The van der Waals surface area contributed by atoms with Gasteiger partial charge in [-0.25, -0.2) is 0 Å². The molecule has 3 heteroatoms. The van der Waals surface area contributed by atoms with E-state index in [0.29, 0.717) is 17.0 Å². The maximum absolute atomic E-state index is 10.5. The van der Waals surface area contributed by atoms with Gasteiger partial charge in [-0.3, -0.25) is 4.79 Å². The zero-order valence-electron chi connectivity index (χ0n) is 7.91. The Kier molecular flexibility index (Phi) is 3.14. The summed E-state index contributed by atoms with van der Waals surface area (Å²) >= 11 is 0. The topological polar surface area (TPSA) is 52.3 Å². The van der Waals surface area contributed by atoms with E-state index in [4.69, 9.17) is 16.9 Å². The molecule has 0 bridgehead atoms. The molecule has 0 heterocycles. The van der Waals surface area contributed by atoms with E-state index in [2.05, 4.69) is 5.92 Å². The first-order valence-electron chi connectivity index (χ1n) is 4.10. The van der Waals surface area contributed by atoms with Gasteiger partial charge in [0.25, 0.3) is 0 Å². The van der Waals surface area contributed by atoms with Crippen molar-refractivity contribution < 1.29 is 9.53 Å². The summed E-state index contributed by atoms with van der Waals surface area (Å²) in [6.07, 6.45) is 5.80. The van der Waals surface area contributed by atoms with Crippen LogP contribution in [-0.4, -0.2) is 12.9 Å². The Hall–Kier alpha value is -1.95. The smallest absolute Gasteiger partial charge is 0.150 e. The second-order valence-corrected chi connectivity index (χ2v) is 2.87. The number of aryl methyl sites for hydroxylation is 1. The van der Waals surface area contributed by atoms with Gasteiger partial charge in [0.1, 0.15) is 18.6 Å². The average Bonchev–Trinajstić information content (AvgIpc) is 2.16. The number of carbonyl (C=O) groups is 1. The van der Waals surface area contributed by atoms with Gasteiger partial charge in [-0.05, 0) is 24.6 Å². The van der Waals surface area contributed by atoms with Crippen LogP contribution < -0.4 is 10.5 Å². The highest BCUT2D eigenvalue weighted by atomic mass is 16.5. The molecule has 0 spiro atoms. The van der Waals surface area contributed by atoms with Crippen molar-refractivity contribution in [3.63, 3.8) is 0 Å². The molecule has 1 rings (SSSR count). The van der Waals surface area contributed by atoms with Gasteiger partial charge >= 0.3 is 0 Å². The van der Waals surface area contributed by atoms with E-state index < -0.39 is 0 Å². The minimum atomic E-state index is 0.172. The number of hydrogen-bond acceptors (Lipinski definition) is 3. The fraction of sp³-hybridized carbons (Fsp3) is 0.182. The van der Waals surface area contributed by atoms with Gasteiger partial charge in [0.05, 0.1) is 5.69 Å². The fourth-order valence-corrected chi connectivity index (χ4v) is 1.21. The Morgan fingerprint density at radius 2 is 2.36 bits per heavy atom. The van der Waals surface area contributed by atoms with E-state index in [1.54, 1.807) is 12.1 Å². The van der Waals surface area contributed by atoms with Crippen LogP contribution in [0.1, 0.15) is 15.9 Å². The van der Waals surface area contributed by atoms with Crippen molar-refractivity contribution in [2.75, 3.05) is 12.3 Å². The van der Waals surface area contributed by atoms with E-state index in [1.807, 2.05) is 6.92 Å². The van der Waals surface area contributed by atoms with Crippen molar-refractivity contribution in [1.29, 1.82) is 0 Å². The Bertz CT molecular complexity index is 368. The summed E-state index contributed by atoms with van der Waals surface area (Å²) < 4.78 is 5.24. The molecule has 0 aliphatic carbocycles. The van der Waals surface area contributed by atoms with Crippen LogP contribution in [0.5, 0.6) is 5.75 Å². The van der Waals surface area contributed by atoms with Crippen LogP contribution in [0.15, 0.2) is 12.1 Å². The fourth-order valence-electron chi connectivity index (χ4n) is 1.21. The molecule has 0 fully saturated rings. The molecule has 0 saturated heterocycles. The Balaban J connectivity index is 3.06. The van der Waals surface area contributed by atoms with Crippen LogP contribution >= 0.6 is 0 Å². The Morgan fingerprint density at radius 3 is 2.86 bits per heavy atom. The van der Waals surface area contributed by atoms with Crippen molar-refractivity contribution in [2.45, 2.75) is 6.92 Å². The second kappa shape index (κ2) is 4.33. The molecule has 0 aliphatic rings. The lowest BCUT2D eigenvalue weighted by Gasteiger charge is -2.09. The van der Waals surface area contributed by atoms with Crippen LogP contribution in [0.2, 0.25) is 0 Å². The standard InChI is InChI=1S/C11H11NO2/c1-3-4-14-11-8(2)5-9(7-13)6-10(11)12/h1,5-7H,4,12H2,2H3. The number of anilines is 1. The molecule has 0 aliphatic heterocycles. The lowest BCUT2D eigenvalue weighted by Crippen LogP contribution is -2.01. The molecule has 0 aromatic heterocycles. The molecule has 72 valence electrons. The van der Waals surface area contributed by atoms with Crippen LogP contribution in [0.4, 0.5) is 5.69 Å². The number of aldehydes is 1. The predicted octanol–water partition coefficient (Wildman–Crippen LogP) is 1.40. The van der Waals surface area contributed by atoms with Gasteiger partial charge in [0.15, 0.2) is 0 Å². The first-order chi connectivity index (χ1) is 6.69. The Morgan fingerprint density at radius 1 is 1.64 bits per heavy atom. The van der Waals surface area contributed by atoms with Gasteiger partial charge < -0.3 is 10.5 Å². The molecule has 1 aromatic rings. The summed E-state index contributed by atoms with van der Waals surface area (Å²) in [5, 5.41) is 0. The van der Waals surface area contributed by atoms with Crippen LogP contribution in [0.3, 0.4) is 0 Å². The minimum Gasteiger partial charge on any atom is -0.479 e. The molecule has 1 aromatic carbocycles. The third-order valence-corrected chi connectivity index (χ3v) is 1.76. The van der Waals surface area contributed by atoms with Crippen molar-refractivity contribution >= 4 is 12.0 Å². The first kappa shape index (κ1) is 10.1. The molecule has 0 atom stereocenters. The van der Waals surface area contributed by atoms with E-state index >= 15 is 0 Å². The van der Waals surface area contributed by atoms with Gasteiger partial charge in [0.2, 0.25) is 0 Å². The molecule has 3 nitrogen and oxygen atoms in total. The molecule has 2 N–H and O–H groups in total. The molecular weight excluding hydrogens is 178 g/mol. The van der Waals surface area contributed by atoms with E-state index in [0.717, 1.165) is 11.8 Å². The van der Waals surface area contributed by atoms with E-state index in [1.165, 1.54) is 0 Å². The third kappa shape index (κ3) is 2.05. The van der Waals surface area contributed by atoms with Crippen LogP contribution in [0, 0.1) is 19.3 Å². The number of nitrogens with two attached hydrogens (primary N) is 1. The normalized spacial score (nSPS) is 9.14. The molecule has 0 amide bonds. The van der Waals surface area contributed by atoms with Gasteiger partial charge in [-0.1, -0.05) is 5.92 Å². The number of nitrogen functional groups attached to an aromatic ring is 1. The zero-order valence-corrected chi connectivity index (χ0v) is 7.91. The zero-order chi connectivity index (χ0) is 10.6. The highest BCUT2D eigenvalue weighted by Gasteiger charge is 2.05. The van der Waals surface area contributed by atoms with Gasteiger partial charge in [0, 0.05) is 5.56 Å². The lowest BCUT2D eigenvalue weighted by atomic mass is 10.1. The van der Waals surface area contributed by atoms with Crippen LogP contribution in [-0.2, 0) is 0 Å². The van der Waals surface area contributed by atoms with Crippen molar-refractivity contribution in [1.82, 2.24) is 0 Å². The molecule has 14 heavy (non-hydrogen) atoms. The molecule has 0 saturated carbocycles. The number of ether oxygens (including phenoxy) is 1. The third-order valence-electron chi connectivity index (χ3n) is 1.76. The van der Waals surface area contributed by atoms with Crippen LogP contribution in [0.25, 0.3) is 0 Å². The summed E-state index contributed by atoms with van der Waals surface area (Å²) in [7, 11) is 0. The lowest BCUT2D eigenvalue weighted by molar-refractivity contribution is 0.112. The van der Waals surface area contributed by atoms with Gasteiger partial charge in [-0.2, -0.15) is 0 Å². The van der Waals surface area contributed by atoms with Crippen molar-refractivity contribution in [3.05, 3.63) is 23.3 Å². The highest BCUT2D eigenvalue weighted by Crippen LogP contribution is 2.26. The number of rotatable bonds is 3. The SMILES string of the molecule is C#CCOc1c(C)cc(C=O)cc1N. The summed E-state index contributed by atoms with van der Waals surface area (Å²) in [6.45, 7) is 1.99. The van der Waals surface area contributed by atoms with Crippen molar-refractivity contribution in [2.24, 2.45) is 0 Å². The minimum absolute atomic E-state index is 0.172. The molecular formula is C11H11NO2. The monoisotopic (exact) mass is 189 g/mol. The Labute approximate surface area is 82.9 Å². The van der Waals surface area contributed by atoms with Gasteiger partial charge in [-0.15, -0.1) is 6.42 Å². The molecule has 0 radical (unpaired) electrons. The maximum Gasteiger partial charge on any atom is 0.150 e. The highest BCUT2D eigenvalue weighted by molar-refractivity contribution is 5.79. The summed E-state index contributed by atoms with van der Waals surface area (Å²) in [5.41, 5.74) is 7.46. The number of hydrogen-bond donors (Lipinski definition) is 1. The number of terminal acetylenes is 1. The second-order valence-electron chi connectivity index (χ2n) is 2.87. The molecule has 0 unspecified atom stereocenters. The first-order valence-corrected chi connectivity index (χ1v) is 4.10. The number of carbonyl (C=O) groups excluding carboxylic acids is 1. The average molecular weight is 189 g/mol. The summed E-state index contributed by atoms with van der Waals surface area (Å²) in [6, 6.07) is 3.26. The summed E-state index contributed by atoms with van der Waals surface area (Å²) in [4.78, 5) is 10.5. The van der Waals surface area contributed by atoms with E-state index in [-0.39, 0.29) is 6.61 Å². The van der Waals surface area contributed by atoms with E-state index in [9.17, 15) is 4.79 Å². The van der Waals surface area contributed by atoms with Crippen molar-refractivity contribution in [3.8, 4) is 18.1 Å².